The normalized spacial score (nSPS) is 20.2. The Kier molecular flexibility index (Phi) is 4.13. The van der Waals surface area contributed by atoms with Crippen LogP contribution in [0.15, 0.2) is 11.4 Å². The van der Waals surface area contributed by atoms with Crippen molar-refractivity contribution in [3.63, 3.8) is 0 Å². The minimum atomic E-state index is -2.91. The van der Waals surface area contributed by atoms with Crippen molar-refractivity contribution >= 4 is 17.2 Å². The number of nitrogens with one attached hydrogen (secondary N) is 1. The molecular weight excluding hydrogens is 262 g/mol. The van der Waals surface area contributed by atoms with E-state index < -0.39 is 6.61 Å². The maximum atomic E-state index is 12.2. The highest BCUT2D eigenvalue weighted by molar-refractivity contribution is 7.12. The molecule has 1 saturated heterocycles. The van der Waals surface area contributed by atoms with Crippen LogP contribution in [0.3, 0.4) is 0 Å². The van der Waals surface area contributed by atoms with Gasteiger partial charge in [0.1, 0.15) is 10.6 Å². The van der Waals surface area contributed by atoms with Crippen LogP contribution >= 0.6 is 11.3 Å². The van der Waals surface area contributed by atoms with Gasteiger partial charge in [-0.05, 0) is 18.4 Å². The molecule has 0 radical (unpaired) electrons. The van der Waals surface area contributed by atoms with E-state index in [2.05, 4.69) is 10.1 Å². The number of ether oxygens (including phenoxy) is 1. The molecule has 1 aliphatic rings. The minimum absolute atomic E-state index is 0.0359. The predicted octanol–water partition coefficient (Wildman–Crippen LogP) is 1.78. The molecule has 0 bridgehead atoms. The molecule has 18 heavy (non-hydrogen) atoms. The topological polar surface area (TPSA) is 41.6 Å². The van der Waals surface area contributed by atoms with E-state index in [1.165, 1.54) is 6.07 Å². The van der Waals surface area contributed by atoms with Crippen LogP contribution < -0.4 is 10.1 Å². The SMILES string of the molecule is CC1CN(C(=O)c2sccc2OC(F)F)CCN1. The van der Waals surface area contributed by atoms with Crippen molar-refractivity contribution in [1.29, 1.82) is 0 Å². The molecule has 1 N–H and O–H groups in total. The van der Waals surface area contributed by atoms with Gasteiger partial charge in [-0.25, -0.2) is 0 Å². The van der Waals surface area contributed by atoms with E-state index >= 15 is 0 Å². The second-order valence-electron chi connectivity index (χ2n) is 4.10. The van der Waals surface area contributed by atoms with E-state index in [-0.39, 0.29) is 22.6 Å². The number of hydrogen-bond donors (Lipinski definition) is 1. The van der Waals surface area contributed by atoms with Crippen molar-refractivity contribution < 1.29 is 18.3 Å². The number of rotatable bonds is 3. The third kappa shape index (κ3) is 2.97. The average Bonchev–Trinajstić information content (AvgIpc) is 2.75. The lowest BCUT2D eigenvalue weighted by molar-refractivity contribution is -0.0499. The lowest BCUT2D eigenvalue weighted by Gasteiger charge is -2.31. The fraction of sp³-hybridized carbons (Fsp3) is 0.545. The van der Waals surface area contributed by atoms with Crippen molar-refractivity contribution in [2.24, 2.45) is 0 Å². The molecular formula is C11H14F2N2O2S. The van der Waals surface area contributed by atoms with Gasteiger partial charge in [-0.2, -0.15) is 8.78 Å². The van der Waals surface area contributed by atoms with Crippen molar-refractivity contribution in [2.45, 2.75) is 19.6 Å². The average molecular weight is 276 g/mol. The number of piperazine rings is 1. The molecule has 0 spiro atoms. The summed E-state index contributed by atoms with van der Waals surface area (Å²) in [6.45, 7) is 0.932. The molecule has 1 aromatic heterocycles. The van der Waals surface area contributed by atoms with Crippen LogP contribution in [0.4, 0.5) is 8.78 Å². The van der Waals surface area contributed by atoms with E-state index in [9.17, 15) is 13.6 Å². The van der Waals surface area contributed by atoms with Gasteiger partial charge in [0.25, 0.3) is 5.91 Å². The molecule has 0 saturated carbocycles. The monoisotopic (exact) mass is 276 g/mol. The largest absolute Gasteiger partial charge is 0.433 e. The molecule has 1 aromatic rings. The van der Waals surface area contributed by atoms with E-state index in [0.29, 0.717) is 19.6 Å². The zero-order valence-electron chi connectivity index (χ0n) is 9.86. The summed E-state index contributed by atoms with van der Waals surface area (Å²) >= 11 is 1.12. The summed E-state index contributed by atoms with van der Waals surface area (Å²) in [4.78, 5) is 14.1. The Labute approximate surface area is 108 Å². The molecule has 1 amide bonds. The zero-order chi connectivity index (χ0) is 13.1. The number of amides is 1. The first-order valence-corrected chi connectivity index (χ1v) is 6.51. The maximum absolute atomic E-state index is 12.2. The summed E-state index contributed by atoms with van der Waals surface area (Å²) in [5, 5.41) is 4.80. The molecule has 100 valence electrons. The Morgan fingerprint density at radius 2 is 2.44 bits per heavy atom. The maximum Gasteiger partial charge on any atom is 0.387 e. The lowest BCUT2D eigenvalue weighted by Crippen LogP contribution is -2.51. The Balaban J connectivity index is 2.10. The van der Waals surface area contributed by atoms with Gasteiger partial charge in [-0.1, -0.05) is 0 Å². The van der Waals surface area contributed by atoms with Crippen LogP contribution in [0.5, 0.6) is 5.75 Å². The van der Waals surface area contributed by atoms with Crippen LogP contribution in [-0.2, 0) is 0 Å². The number of alkyl halides is 2. The van der Waals surface area contributed by atoms with E-state index in [0.717, 1.165) is 11.3 Å². The fourth-order valence-electron chi connectivity index (χ4n) is 1.90. The highest BCUT2D eigenvalue weighted by atomic mass is 32.1. The van der Waals surface area contributed by atoms with Crippen LogP contribution in [0.2, 0.25) is 0 Å². The quantitative estimate of drug-likeness (QED) is 0.915. The van der Waals surface area contributed by atoms with Crippen molar-refractivity contribution in [3.05, 3.63) is 16.3 Å². The summed E-state index contributed by atoms with van der Waals surface area (Å²) < 4.78 is 28.7. The number of carbonyl (C=O) groups excluding carboxylic acids is 1. The molecule has 1 unspecified atom stereocenters. The number of nitrogens with zero attached hydrogens (tertiary/aromatic N) is 1. The number of carbonyl (C=O) groups is 1. The van der Waals surface area contributed by atoms with Crippen LogP contribution in [0.1, 0.15) is 16.6 Å². The van der Waals surface area contributed by atoms with Crippen molar-refractivity contribution in [1.82, 2.24) is 10.2 Å². The lowest BCUT2D eigenvalue weighted by atomic mass is 10.2. The molecule has 1 atom stereocenters. The molecule has 1 fully saturated rings. The van der Waals surface area contributed by atoms with Gasteiger partial charge < -0.3 is 15.0 Å². The summed E-state index contributed by atoms with van der Waals surface area (Å²) in [5.41, 5.74) is 0. The first kappa shape index (κ1) is 13.2. The number of halogens is 2. The van der Waals surface area contributed by atoms with Gasteiger partial charge in [-0.15, -0.1) is 11.3 Å². The number of hydrogen-bond acceptors (Lipinski definition) is 4. The second-order valence-corrected chi connectivity index (χ2v) is 5.01. The summed E-state index contributed by atoms with van der Waals surface area (Å²) in [5.74, 6) is -0.278. The minimum Gasteiger partial charge on any atom is -0.433 e. The Bertz CT molecular complexity index is 425. The van der Waals surface area contributed by atoms with Gasteiger partial charge in [-0.3, -0.25) is 4.79 Å². The molecule has 2 heterocycles. The van der Waals surface area contributed by atoms with Gasteiger partial charge >= 0.3 is 6.61 Å². The van der Waals surface area contributed by atoms with Gasteiger partial charge in [0.15, 0.2) is 0 Å². The molecule has 1 aliphatic heterocycles. The van der Waals surface area contributed by atoms with Crippen LogP contribution in [-0.4, -0.2) is 43.1 Å². The van der Waals surface area contributed by atoms with Gasteiger partial charge in [0.2, 0.25) is 0 Å². The Morgan fingerprint density at radius 3 is 3.11 bits per heavy atom. The summed E-state index contributed by atoms with van der Waals surface area (Å²) in [6, 6.07) is 1.61. The van der Waals surface area contributed by atoms with E-state index in [1.54, 1.807) is 10.3 Å². The van der Waals surface area contributed by atoms with Crippen molar-refractivity contribution in [3.8, 4) is 5.75 Å². The van der Waals surface area contributed by atoms with Crippen LogP contribution in [0.25, 0.3) is 0 Å². The van der Waals surface area contributed by atoms with E-state index in [1.807, 2.05) is 6.92 Å². The third-order valence-electron chi connectivity index (χ3n) is 2.70. The van der Waals surface area contributed by atoms with E-state index in [4.69, 9.17) is 0 Å². The number of thiophene rings is 1. The zero-order valence-corrected chi connectivity index (χ0v) is 10.7. The first-order valence-electron chi connectivity index (χ1n) is 5.63. The molecule has 7 heteroatoms. The molecule has 0 aromatic carbocycles. The second kappa shape index (κ2) is 5.62. The Morgan fingerprint density at radius 1 is 1.67 bits per heavy atom. The first-order chi connectivity index (χ1) is 8.58. The highest BCUT2D eigenvalue weighted by Gasteiger charge is 2.25. The predicted molar refractivity (Wildman–Crippen MR) is 64.3 cm³/mol. The molecule has 0 aliphatic carbocycles. The van der Waals surface area contributed by atoms with Crippen LogP contribution in [0, 0.1) is 0 Å². The smallest absolute Gasteiger partial charge is 0.387 e. The van der Waals surface area contributed by atoms with Crippen molar-refractivity contribution in [2.75, 3.05) is 19.6 Å². The highest BCUT2D eigenvalue weighted by Crippen LogP contribution is 2.28. The summed E-state index contributed by atoms with van der Waals surface area (Å²) in [7, 11) is 0. The Hall–Kier alpha value is -1.21. The fourth-order valence-corrected chi connectivity index (χ4v) is 2.69. The standard InChI is InChI=1S/C11H14F2N2O2S/c1-7-6-15(4-3-14-7)10(16)9-8(2-5-18-9)17-11(12)13/h2,5,7,11,14H,3-4,6H2,1H3. The van der Waals surface area contributed by atoms with Gasteiger partial charge in [0.05, 0.1) is 0 Å². The van der Waals surface area contributed by atoms with Gasteiger partial charge in [0, 0.05) is 25.7 Å². The third-order valence-corrected chi connectivity index (χ3v) is 3.58. The molecule has 4 nitrogen and oxygen atoms in total. The summed E-state index contributed by atoms with van der Waals surface area (Å²) in [6.07, 6.45) is 0. The molecule has 2 rings (SSSR count).